The molecule has 0 aliphatic rings. The van der Waals surface area contributed by atoms with Gasteiger partial charge in [-0.2, -0.15) is 5.26 Å². The summed E-state index contributed by atoms with van der Waals surface area (Å²) in [5, 5.41) is 8.84. The van der Waals surface area contributed by atoms with Gasteiger partial charge in [-0.15, -0.1) is 6.58 Å². The lowest BCUT2D eigenvalue weighted by atomic mass is 10.1. The molecule has 0 saturated carbocycles. The van der Waals surface area contributed by atoms with Crippen LogP contribution in [0, 0.1) is 18.3 Å². The molecule has 0 fully saturated rings. The van der Waals surface area contributed by atoms with Gasteiger partial charge < -0.3 is 9.69 Å². The summed E-state index contributed by atoms with van der Waals surface area (Å²) < 4.78 is 0. The summed E-state index contributed by atoms with van der Waals surface area (Å²) in [7, 11) is 0. The zero-order chi connectivity index (χ0) is 12.0. The lowest BCUT2D eigenvalue weighted by Crippen LogP contribution is -2.26. The van der Waals surface area contributed by atoms with Crippen molar-refractivity contribution >= 4 is 12.0 Å². The van der Waals surface area contributed by atoms with E-state index in [2.05, 4.69) is 12.6 Å². The number of aldehydes is 1. The van der Waals surface area contributed by atoms with Gasteiger partial charge in [0, 0.05) is 12.2 Å². The predicted octanol–water partition coefficient (Wildman–Crippen LogP) is 2.06. The highest BCUT2D eigenvalue weighted by atomic mass is 16.1. The van der Waals surface area contributed by atoms with Crippen LogP contribution in [0.2, 0.25) is 0 Å². The third-order valence-electron chi connectivity index (χ3n) is 2.32. The minimum absolute atomic E-state index is 0.307. The molecule has 0 heterocycles. The van der Waals surface area contributed by atoms with E-state index in [0.717, 1.165) is 17.5 Å². The molecule has 0 aromatic heterocycles. The van der Waals surface area contributed by atoms with Crippen LogP contribution in [0.3, 0.4) is 0 Å². The Balaban J connectivity index is 3.11. The molecule has 0 radical (unpaired) electrons. The smallest absolute Gasteiger partial charge is 0.139 e. The van der Waals surface area contributed by atoms with E-state index in [1.807, 2.05) is 17.9 Å². The number of aryl methyl sites for hydroxylation is 1. The van der Waals surface area contributed by atoms with Gasteiger partial charge in [0.2, 0.25) is 0 Å². The third-order valence-corrected chi connectivity index (χ3v) is 2.32. The van der Waals surface area contributed by atoms with Crippen LogP contribution in [-0.4, -0.2) is 19.4 Å². The van der Waals surface area contributed by atoms with Crippen molar-refractivity contribution in [2.24, 2.45) is 0 Å². The Kier molecular flexibility index (Phi) is 4.28. The van der Waals surface area contributed by atoms with E-state index < -0.39 is 0 Å². The van der Waals surface area contributed by atoms with Crippen molar-refractivity contribution in [3.05, 3.63) is 42.0 Å². The zero-order valence-electron chi connectivity index (χ0n) is 9.31. The largest absolute Gasteiger partial charge is 0.361 e. The van der Waals surface area contributed by atoms with Crippen LogP contribution in [-0.2, 0) is 4.79 Å². The number of benzene rings is 1. The summed E-state index contributed by atoms with van der Waals surface area (Å²) in [5.41, 5.74) is 2.55. The van der Waals surface area contributed by atoms with Crippen LogP contribution < -0.4 is 4.90 Å². The Hall–Kier alpha value is -2.08. The molecule has 0 aliphatic carbocycles. The van der Waals surface area contributed by atoms with E-state index in [4.69, 9.17) is 5.26 Å². The molecular formula is C13H14N2O. The average molecular weight is 214 g/mol. The van der Waals surface area contributed by atoms with Crippen molar-refractivity contribution in [2.45, 2.75) is 6.92 Å². The second-order valence-electron chi connectivity index (χ2n) is 3.47. The van der Waals surface area contributed by atoms with Gasteiger partial charge in [0.15, 0.2) is 0 Å². The van der Waals surface area contributed by atoms with Gasteiger partial charge in [0.25, 0.3) is 0 Å². The van der Waals surface area contributed by atoms with Gasteiger partial charge in [-0.05, 0) is 24.6 Å². The van der Waals surface area contributed by atoms with E-state index in [-0.39, 0.29) is 0 Å². The predicted molar refractivity (Wildman–Crippen MR) is 64.4 cm³/mol. The van der Waals surface area contributed by atoms with Crippen molar-refractivity contribution < 1.29 is 4.79 Å². The van der Waals surface area contributed by atoms with E-state index in [1.165, 1.54) is 0 Å². The van der Waals surface area contributed by atoms with E-state index in [9.17, 15) is 4.79 Å². The van der Waals surface area contributed by atoms with Crippen LogP contribution in [0.15, 0.2) is 30.9 Å². The van der Waals surface area contributed by atoms with Crippen LogP contribution >= 0.6 is 0 Å². The summed E-state index contributed by atoms with van der Waals surface area (Å²) in [6.07, 6.45) is 2.59. The van der Waals surface area contributed by atoms with Gasteiger partial charge in [-0.3, -0.25) is 0 Å². The van der Waals surface area contributed by atoms with Crippen molar-refractivity contribution in [2.75, 3.05) is 18.0 Å². The fourth-order valence-electron chi connectivity index (χ4n) is 1.54. The standard InChI is InChI=1S/C13H14N2O/c1-3-6-15(7-8-16)13-9-12(10-14)5-4-11(13)2/h3-5,8-9H,1,6-7H2,2H3. The van der Waals surface area contributed by atoms with Crippen LogP contribution in [0.1, 0.15) is 11.1 Å². The molecule has 3 nitrogen and oxygen atoms in total. The van der Waals surface area contributed by atoms with Crippen molar-refractivity contribution in [1.29, 1.82) is 5.26 Å². The monoisotopic (exact) mass is 214 g/mol. The number of carbonyl (C=O) groups excluding carboxylic acids is 1. The van der Waals surface area contributed by atoms with Gasteiger partial charge in [0.05, 0.1) is 18.2 Å². The van der Waals surface area contributed by atoms with Crippen LogP contribution in [0.25, 0.3) is 0 Å². The Bertz CT molecular complexity index is 422. The first kappa shape index (κ1) is 12.0. The lowest BCUT2D eigenvalue weighted by molar-refractivity contribution is -0.106. The molecule has 0 unspecified atom stereocenters. The van der Waals surface area contributed by atoms with E-state index in [0.29, 0.717) is 18.7 Å². The van der Waals surface area contributed by atoms with Crippen LogP contribution in [0.5, 0.6) is 0 Å². The zero-order valence-corrected chi connectivity index (χ0v) is 9.31. The maximum atomic E-state index is 10.6. The number of nitrogens with zero attached hydrogens (tertiary/aromatic N) is 2. The number of anilines is 1. The van der Waals surface area contributed by atoms with Gasteiger partial charge in [-0.25, -0.2) is 0 Å². The Morgan fingerprint density at radius 1 is 1.50 bits per heavy atom. The van der Waals surface area contributed by atoms with Crippen molar-refractivity contribution in [1.82, 2.24) is 0 Å². The summed E-state index contributed by atoms with van der Waals surface area (Å²) in [6.45, 7) is 6.51. The second-order valence-corrected chi connectivity index (χ2v) is 3.47. The fourth-order valence-corrected chi connectivity index (χ4v) is 1.54. The molecule has 82 valence electrons. The quantitative estimate of drug-likeness (QED) is 0.556. The molecule has 3 heteroatoms. The Labute approximate surface area is 95.6 Å². The molecular weight excluding hydrogens is 200 g/mol. The Morgan fingerprint density at radius 2 is 2.25 bits per heavy atom. The van der Waals surface area contributed by atoms with Gasteiger partial charge in [-0.1, -0.05) is 12.1 Å². The van der Waals surface area contributed by atoms with Crippen molar-refractivity contribution in [3.63, 3.8) is 0 Å². The maximum absolute atomic E-state index is 10.6. The molecule has 1 rings (SSSR count). The lowest BCUT2D eigenvalue weighted by Gasteiger charge is -2.22. The number of rotatable bonds is 5. The molecule has 0 N–H and O–H groups in total. The van der Waals surface area contributed by atoms with Gasteiger partial charge in [0.1, 0.15) is 6.29 Å². The topological polar surface area (TPSA) is 44.1 Å². The molecule has 0 atom stereocenters. The molecule has 1 aromatic carbocycles. The molecule has 0 bridgehead atoms. The minimum atomic E-state index is 0.307. The number of carbonyl (C=O) groups is 1. The highest BCUT2D eigenvalue weighted by molar-refractivity contribution is 5.65. The van der Waals surface area contributed by atoms with Crippen LogP contribution in [0.4, 0.5) is 5.69 Å². The first-order valence-corrected chi connectivity index (χ1v) is 5.03. The van der Waals surface area contributed by atoms with Gasteiger partial charge >= 0.3 is 0 Å². The summed E-state index contributed by atoms with van der Waals surface area (Å²) in [5.74, 6) is 0. The molecule has 0 spiro atoms. The summed E-state index contributed by atoms with van der Waals surface area (Å²) in [4.78, 5) is 12.5. The number of nitriles is 1. The highest BCUT2D eigenvalue weighted by Crippen LogP contribution is 2.21. The van der Waals surface area contributed by atoms with E-state index in [1.54, 1.807) is 18.2 Å². The molecule has 0 amide bonds. The normalized spacial score (nSPS) is 9.25. The number of hydrogen-bond donors (Lipinski definition) is 0. The second kappa shape index (κ2) is 5.72. The summed E-state index contributed by atoms with van der Waals surface area (Å²) >= 11 is 0. The molecule has 0 saturated heterocycles. The maximum Gasteiger partial charge on any atom is 0.139 e. The SMILES string of the molecule is C=CCN(CC=O)c1cc(C#N)ccc1C. The van der Waals surface area contributed by atoms with E-state index >= 15 is 0 Å². The molecule has 0 aliphatic heterocycles. The average Bonchev–Trinajstić information content (AvgIpc) is 2.29. The minimum Gasteiger partial charge on any atom is -0.361 e. The third kappa shape index (κ3) is 2.71. The number of hydrogen-bond acceptors (Lipinski definition) is 3. The van der Waals surface area contributed by atoms with Crippen molar-refractivity contribution in [3.8, 4) is 6.07 Å². The Morgan fingerprint density at radius 3 is 2.81 bits per heavy atom. The first-order chi connectivity index (χ1) is 7.72. The highest BCUT2D eigenvalue weighted by Gasteiger charge is 2.08. The fraction of sp³-hybridized carbons (Fsp3) is 0.231. The molecule has 1 aromatic rings. The first-order valence-electron chi connectivity index (χ1n) is 5.03. The summed E-state index contributed by atoms with van der Waals surface area (Å²) in [6, 6.07) is 7.54. The molecule has 16 heavy (non-hydrogen) atoms.